The highest BCUT2D eigenvalue weighted by Gasteiger charge is 2.05. The van der Waals surface area contributed by atoms with Gasteiger partial charge in [-0.25, -0.2) is 0 Å². The van der Waals surface area contributed by atoms with Crippen LogP contribution in [0.1, 0.15) is 20.3 Å². The number of rotatable bonds is 8. The first-order valence-corrected chi connectivity index (χ1v) is 7.91. The van der Waals surface area contributed by atoms with Gasteiger partial charge in [-0.3, -0.25) is 4.79 Å². The second-order valence-electron chi connectivity index (χ2n) is 4.59. The molecule has 0 unspecified atom stereocenters. The van der Waals surface area contributed by atoms with Crippen molar-refractivity contribution in [2.24, 2.45) is 0 Å². The number of ether oxygens (including phenoxy) is 1. The first-order chi connectivity index (χ1) is 9.49. The minimum Gasteiger partial charge on any atom is -0.398 e. The summed E-state index contributed by atoms with van der Waals surface area (Å²) >= 11 is 7.23. The molecule has 20 heavy (non-hydrogen) atoms. The molecule has 0 saturated carbocycles. The van der Waals surface area contributed by atoms with Gasteiger partial charge in [-0.2, -0.15) is 0 Å². The zero-order valence-corrected chi connectivity index (χ0v) is 13.4. The second kappa shape index (κ2) is 9.10. The van der Waals surface area contributed by atoms with E-state index in [1.807, 2.05) is 19.9 Å². The summed E-state index contributed by atoms with van der Waals surface area (Å²) in [5.41, 5.74) is 6.42. The molecule has 1 aromatic carbocycles. The molecule has 0 heterocycles. The number of hydrogen-bond donors (Lipinski definition) is 2. The molecule has 0 aliphatic carbocycles. The standard InChI is InChI=1S/C14H21ClN2O2S/c1-10(2)19-7-3-6-17-14(18)9-20-13-5-4-11(15)8-12(13)16/h4-5,8,10H,3,6-7,9,16H2,1-2H3,(H,17,18). The third-order valence-electron chi connectivity index (χ3n) is 2.43. The molecule has 4 nitrogen and oxygen atoms in total. The number of hydrogen-bond acceptors (Lipinski definition) is 4. The van der Waals surface area contributed by atoms with Crippen molar-refractivity contribution in [2.75, 3.05) is 24.6 Å². The summed E-state index contributed by atoms with van der Waals surface area (Å²) in [5.74, 6) is 0.338. The first-order valence-electron chi connectivity index (χ1n) is 6.55. The predicted molar refractivity (Wildman–Crippen MR) is 85.3 cm³/mol. The first kappa shape index (κ1) is 17.1. The van der Waals surface area contributed by atoms with Crippen molar-refractivity contribution in [2.45, 2.75) is 31.3 Å². The van der Waals surface area contributed by atoms with Crippen LogP contribution in [-0.4, -0.2) is 30.9 Å². The number of nitrogen functional groups attached to an aromatic ring is 1. The van der Waals surface area contributed by atoms with Crippen LogP contribution < -0.4 is 11.1 Å². The summed E-state index contributed by atoms with van der Waals surface area (Å²) in [6, 6.07) is 5.28. The Bertz CT molecular complexity index is 441. The Hall–Kier alpha value is -0.910. The van der Waals surface area contributed by atoms with Gasteiger partial charge in [0.2, 0.25) is 5.91 Å². The topological polar surface area (TPSA) is 64.3 Å². The van der Waals surface area contributed by atoms with Crippen LogP contribution in [-0.2, 0) is 9.53 Å². The molecule has 1 aromatic rings. The Morgan fingerprint density at radius 2 is 2.25 bits per heavy atom. The third kappa shape index (κ3) is 7.03. The summed E-state index contributed by atoms with van der Waals surface area (Å²) in [4.78, 5) is 12.5. The van der Waals surface area contributed by atoms with Gasteiger partial charge in [0.15, 0.2) is 0 Å². The van der Waals surface area contributed by atoms with Crippen LogP contribution in [0.2, 0.25) is 5.02 Å². The van der Waals surface area contributed by atoms with Crippen LogP contribution in [0.3, 0.4) is 0 Å². The van der Waals surface area contributed by atoms with Gasteiger partial charge >= 0.3 is 0 Å². The molecular weight excluding hydrogens is 296 g/mol. The Morgan fingerprint density at radius 3 is 2.90 bits per heavy atom. The van der Waals surface area contributed by atoms with E-state index in [1.54, 1.807) is 12.1 Å². The monoisotopic (exact) mass is 316 g/mol. The average Bonchev–Trinajstić information content (AvgIpc) is 2.37. The van der Waals surface area contributed by atoms with Crippen LogP contribution in [0.5, 0.6) is 0 Å². The molecule has 6 heteroatoms. The highest BCUT2D eigenvalue weighted by molar-refractivity contribution is 8.00. The molecule has 0 radical (unpaired) electrons. The Morgan fingerprint density at radius 1 is 1.50 bits per heavy atom. The number of amides is 1. The molecule has 0 aromatic heterocycles. The van der Waals surface area contributed by atoms with Gasteiger partial charge in [-0.15, -0.1) is 11.8 Å². The molecule has 0 aliphatic heterocycles. The number of anilines is 1. The summed E-state index contributed by atoms with van der Waals surface area (Å²) in [7, 11) is 0. The van der Waals surface area contributed by atoms with Gasteiger partial charge in [-0.1, -0.05) is 11.6 Å². The summed E-state index contributed by atoms with van der Waals surface area (Å²) in [5, 5.41) is 3.45. The van der Waals surface area contributed by atoms with Crippen molar-refractivity contribution in [3.8, 4) is 0 Å². The highest BCUT2D eigenvalue weighted by atomic mass is 35.5. The van der Waals surface area contributed by atoms with Gasteiger partial charge < -0.3 is 15.8 Å². The molecule has 112 valence electrons. The van der Waals surface area contributed by atoms with E-state index in [0.717, 1.165) is 11.3 Å². The van der Waals surface area contributed by atoms with Crippen molar-refractivity contribution in [1.29, 1.82) is 0 Å². The largest absolute Gasteiger partial charge is 0.398 e. The van der Waals surface area contributed by atoms with Gasteiger partial charge in [-0.05, 0) is 38.5 Å². The average molecular weight is 317 g/mol. The molecule has 0 fully saturated rings. The van der Waals surface area contributed by atoms with Crippen molar-refractivity contribution in [3.05, 3.63) is 23.2 Å². The lowest BCUT2D eigenvalue weighted by Crippen LogP contribution is -2.27. The quantitative estimate of drug-likeness (QED) is 0.440. The third-order valence-corrected chi connectivity index (χ3v) is 3.75. The van der Waals surface area contributed by atoms with Crippen molar-refractivity contribution >= 4 is 35.0 Å². The van der Waals surface area contributed by atoms with E-state index in [2.05, 4.69) is 5.32 Å². The minimum atomic E-state index is -0.00565. The highest BCUT2D eigenvalue weighted by Crippen LogP contribution is 2.27. The fourth-order valence-electron chi connectivity index (χ4n) is 1.46. The second-order valence-corrected chi connectivity index (χ2v) is 6.05. The van der Waals surface area contributed by atoms with Gasteiger partial charge in [0.1, 0.15) is 0 Å². The van der Waals surface area contributed by atoms with Crippen LogP contribution in [0.15, 0.2) is 23.1 Å². The van der Waals surface area contributed by atoms with E-state index < -0.39 is 0 Å². The van der Waals surface area contributed by atoms with Gasteiger partial charge in [0, 0.05) is 28.8 Å². The smallest absolute Gasteiger partial charge is 0.230 e. The van der Waals surface area contributed by atoms with Crippen LogP contribution >= 0.6 is 23.4 Å². The molecule has 0 saturated heterocycles. The lowest BCUT2D eigenvalue weighted by atomic mass is 10.3. The molecule has 3 N–H and O–H groups in total. The van der Waals surface area contributed by atoms with E-state index >= 15 is 0 Å². The fraction of sp³-hybridized carbons (Fsp3) is 0.500. The number of carbonyl (C=O) groups is 1. The maximum atomic E-state index is 11.7. The molecular formula is C14H21ClN2O2S. The number of carbonyl (C=O) groups excluding carboxylic acids is 1. The van der Waals surface area contributed by atoms with Crippen LogP contribution in [0.4, 0.5) is 5.69 Å². The number of nitrogens with two attached hydrogens (primary N) is 1. The SMILES string of the molecule is CC(C)OCCCNC(=O)CSc1ccc(Cl)cc1N. The lowest BCUT2D eigenvalue weighted by Gasteiger charge is -2.09. The van der Waals surface area contributed by atoms with Crippen molar-refractivity contribution < 1.29 is 9.53 Å². The number of thioether (sulfide) groups is 1. The zero-order chi connectivity index (χ0) is 15.0. The summed E-state index contributed by atoms with van der Waals surface area (Å²) in [6.07, 6.45) is 1.05. The molecule has 0 aliphatic rings. The van der Waals surface area contributed by atoms with E-state index in [-0.39, 0.29) is 12.0 Å². The number of halogens is 1. The molecule has 0 spiro atoms. The molecule has 1 amide bonds. The van der Waals surface area contributed by atoms with E-state index in [1.165, 1.54) is 11.8 Å². The van der Waals surface area contributed by atoms with Crippen LogP contribution in [0.25, 0.3) is 0 Å². The Balaban J connectivity index is 2.19. The zero-order valence-electron chi connectivity index (χ0n) is 11.8. The lowest BCUT2D eigenvalue weighted by molar-refractivity contribution is -0.118. The maximum Gasteiger partial charge on any atom is 0.230 e. The Labute approximate surface area is 129 Å². The molecule has 1 rings (SSSR count). The van der Waals surface area contributed by atoms with E-state index in [9.17, 15) is 4.79 Å². The van der Waals surface area contributed by atoms with Crippen molar-refractivity contribution in [3.63, 3.8) is 0 Å². The maximum absolute atomic E-state index is 11.7. The number of benzene rings is 1. The van der Waals surface area contributed by atoms with Crippen LogP contribution in [0, 0.1) is 0 Å². The number of nitrogens with one attached hydrogen (secondary N) is 1. The molecule has 0 bridgehead atoms. The normalized spacial score (nSPS) is 10.8. The Kier molecular flexibility index (Phi) is 7.80. The predicted octanol–water partition coefficient (Wildman–Crippen LogP) is 2.95. The summed E-state index contributed by atoms with van der Waals surface area (Å²) in [6.45, 7) is 5.27. The van der Waals surface area contributed by atoms with E-state index in [0.29, 0.717) is 29.6 Å². The molecule has 0 atom stereocenters. The van der Waals surface area contributed by atoms with Crippen molar-refractivity contribution in [1.82, 2.24) is 5.32 Å². The van der Waals surface area contributed by atoms with Gasteiger partial charge in [0.25, 0.3) is 0 Å². The summed E-state index contributed by atoms with van der Waals surface area (Å²) < 4.78 is 5.39. The minimum absolute atomic E-state index is 0.00565. The van der Waals surface area contributed by atoms with E-state index in [4.69, 9.17) is 22.1 Å². The van der Waals surface area contributed by atoms with Gasteiger partial charge in [0.05, 0.1) is 11.9 Å². The fourth-order valence-corrected chi connectivity index (χ4v) is 2.42.